The SMILES string of the molecule is Cc1ccccc1-n1c(Cc2ccccc2)nnc1SCCCCC(=O)N1CCN(C(=O)c2ccc(C(C)(C)C)cc2)C(C)C1. The zero-order chi connectivity index (χ0) is 32.0. The van der Waals surface area contributed by atoms with Gasteiger partial charge in [0.2, 0.25) is 5.91 Å². The highest BCUT2D eigenvalue weighted by Gasteiger charge is 2.30. The number of aryl methyl sites for hydroxylation is 1. The van der Waals surface area contributed by atoms with E-state index in [1.165, 1.54) is 16.7 Å². The first-order valence-electron chi connectivity index (χ1n) is 16.0. The lowest BCUT2D eigenvalue weighted by molar-refractivity contribution is -0.133. The van der Waals surface area contributed by atoms with Crippen LogP contribution in [0.25, 0.3) is 5.69 Å². The number of piperazine rings is 1. The van der Waals surface area contributed by atoms with Gasteiger partial charge in [-0.3, -0.25) is 14.2 Å². The molecule has 1 atom stereocenters. The van der Waals surface area contributed by atoms with Crippen molar-refractivity contribution < 1.29 is 9.59 Å². The predicted molar refractivity (Wildman–Crippen MR) is 182 cm³/mol. The summed E-state index contributed by atoms with van der Waals surface area (Å²) in [7, 11) is 0. The molecule has 3 aromatic carbocycles. The number of benzene rings is 3. The Bertz CT molecular complexity index is 1590. The first-order chi connectivity index (χ1) is 21.6. The molecule has 1 aliphatic rings. The molecule has 0 radical (unpaired) electrons. The van der Waals surface area contributed by atoms with Gasteiger partial charge >= 0.3 is 0 Å². The van der Waals surface area contributed by atoms with Gasteiger partial charge in [0, 0.05) is 49.8 Å². The van der Waals surface area contributed by atoms with Gasteiger partial charge in [-0.15, -0.1) is 10.2 Å². The van der Waals surface area contributed by atoms with Crippen LogP contribution >= 0.6 is 11.8 Å². The normalized spacial score (nSPS) is 15.4. The Kier molecular flexibility index (Phi) is 10.4. The highest BCUT2D eigenvalue weighted by atomic mass is 32.2. The topological polar surface area (TPSA) is 71.3 Å². The van der Waals surface area contributed by atoms with Gasteiger partial charge in [0.15, 0.2) is 5.16 Å². The molecular weight excluding hydrogens is 579 g/mol. The average Bonchev–Trinajstić information content (AvgIpc) is 3.42. The summed E-state index contributed by atoms with van der Waals surface area (Å²) in [6.07, 6.45) is 2.94. The van der Waals surface area contributed by atoms with Crippen molar-refractivity contribution in [1.82, 2.24) is 24.6 Å². The van der Waals surface area contributed by atoms with E-state index in [2.05, 4.69) is 72.8 Å². The molecule has 1 aromatic heterocycles. The van der Waals surface area contributed by atoms with Crippen LogP contribution in [-0.2, 0) is 16.6 Å². The van der Waals surface area contributed by atoms with Crippen LogP contribution in [0.4, 0.5) is 0 Å². The zero-order valence-electron chi connectivity index (χ0n) is 27.2. The molecule has 1 unspecified atom stereocenters. The molecule has 1 aliphatic heterocycles. The van der Waals surface area contributed by atoms with E-state index >= 15 is 0 Å². The molecule has 0 N–H and O–H groups in total. The van der Waals surface area contributed by atoms with Crippen LogP contribution in [0.1, 0.15) is 79.8 Å². The fourth-order valence-corrected chi connectivity index (χ4v) is 6.77. The van der Waals surface area contributed by atoms with Gasteiger partial charge in [0.25, 0.3) is 5.91 Å². The molecule has 1 saturated heterocycles. The molecular formula is C37H45N5O2S. The molecule has 0 bridgehead atoms. The van der Waals surface area contributed by atoms with Crippen molar-refractivity contribution in [3.05, 3.63) is 107 Å². The first kappa shape index (κ1) is 32.5. The molecule has 1 fully saturated rings. The summed E-state index contributed by atoms with van der Waals surface area (Å²) in [4.78, 5) is 30.2. The van der Waals surface area contributed by atoms with Crippen LogP contribution in [0.2, 0.25) is 0 Å². The third-order valence-electron chi connectivity index (χ3n) is 8.52. The number of hydrogen-bond donors (Lipinski definition) is 0. The molecule has 2 amide bonds. The maximum absolute atomic E-state index is 13.2. The van der Waals surface area contributed by atoms with E-state index in [1.54, 1.807) is 11.8 Å². The minimum Gasteiger partial charge on any atom is -0.339 e. The summed E-state index contributed by atoms with van der Waals surface area (Å²) in [6, 6.07) is 26.6. The van der Waals surface area contributed by atoms with E-state index in [0.717, 1.165) is 35.3 Å². The fraction of sp³-hybridized carbons (Fsp3) is 0.405. The van der Waals surface area contributed by atoms with E-state index in [-0.39, 0.29) is 23.3 Å². The average molecular weight is 624 g/mol. The van der Waals surface area contributed by atoms with Crippen molar-refractivity contribution >= 4 is 23.6 Å². The Balaban J connectivity index is 1.11. The Morgan fingerprint density at radius 1 is 0.889 bits per heavy atom. The lowest BCUT2D eigenvalue weighted by atomic mass is 9.86. The summed E-state index contributed by atoms with van der Waals surface area (Å²) in [5.41, 5.74) is 5.43. The van der Waals surface area contributed by atoms with Crippen molar-refractivity contribution in [3.63, 3.8) is 0 Å². The van der Waals surface area contributed by atoms with Crippen LogP contribution < -0.4 is 0 Å². The van der Waals surface area contributed by atoms with Gasteiger partial charge in [-0.25, -0.2) is 0 Å². The number of hydrogen-bond acceptors (Lipinski definition) is 5. The summed E-state index contributed by atoms with van der Waals surface area (Å²) in [5, 5.41) is 10.0. The Morgan fingerprint density at radius 3 is 2.29 bits per heavy atom. The summed E-state index contributed by atoms with van der Waals surface area (Å²) >= 11 is 1.69. The first-order valence-corrected chi connectivity index (χ1v) is 17.0. The van der Waals surface area contributed by atoms with E-state index in [4.69, 9.17) is 0 Å². The number of nitrogens with zero attached hydrogens (tertiary/aromatic N) is 5. The van der Waals surface area contributed by atoms with Crippen molar-refractivity contribution in [2.75, 3.05) is 25.4 Å². The molecule has 8 heteroatoms. The molecule has 7 nitrogen and oxygen atoms in total. The van der Waals surface area contributed by atoms with Crippen molar-refractivity contribution in [1.29, 1.82) is 0 Å². The lowest BCUT2D eigenvalue weighted by Gasteiger charge is -2.40. The van der Waals surface area contributed by atoms with Gasteiger partial charge in [0.05, 0.1) is 5.69 Å². The van der Waals surface area contributed by atoms with E-state index in [1.807, 2.05) is 65.3 Å². The van der Waals surface area contributed by atoms with Crippen molar-refractivity contribution in [3.8, 4) is 5.69 Å². The fourth-order valence-electron chi connectivity index (χ4n) is 5.81. The van der Waals surface area contributed by atoms with Gasteiger partial charge < -0.3 is 9.80 Å². The Morgan fingerprint density at radius 2 is 1.60 bits per heavy atom. The lowest BCUT2D eigenvalue weighted by Crippen LogP contribution is -2.55. The summed E-state index contributed by atoms with van der Waals surface area (Å²) in [5.74, 6) is 1.98. The number of carbonyl (C=O) groups is 2. The summed E-state index contributed by atoms with van der Waals surface area (Å²) in [6.45, 7) is 12.4. The van der Waals surface area contributed by atoms with Gasteiger partial charge in [-0.05, 0) is 67.0 Å². The van der Waals surface area contributed by atoms with Crippen LogP contribution in [0, 0.1) is 6.92 Å². The maximum atomic E-state index is 13.2. The Hall–Kier alpha value is -3.91. The molecule has 0 spiro atoms. The molecule has 0 saturated carbocycles. The number of thioether (sulfide) groups is 1. The van der Waals surface area contributed by atoms with Crippen molar-refractivity contribution in [2.24, 2.45) is 0 Å². The van der Waals surface area contributed by atoms with Crippen LogP contribution in [0.5, 0.6) is 0 Å². The highest BCUT2D eigenvalue weighted by molar-refractivity contribution is 7.99. The Labute approximate surface area is 272 Å². The largest absolute Gasteiger partial charge is 0.339 e. The second kappa shape index (κ2) is 14.5. The van der Waals surface area contributed by atoms with Crippen LogP contribution in [0.15, 0.2) is 84.0 Å². The number of aromatic nitrogens is 3. The van der Waals surface area contributed by atoms with E-state index in [0.29, 0.717) is 38.0 Å². The minimum absolute atomic E-state index is 0.0223. The monoisotopic (exact) mass is 623 g/mol. The number of unbranched alkanes of at least 4 members (excludes halogenated alkanes) is 1. The minimum atomic E-state index is -0.0223. The molecule has 5 rings (SSSR count). The summed E-state index contributed by atoms with van der Waals surface area (Å²) < 4.78 is 2.18. The standard InChI is InChI=1S/C37H45N5O2S/c1-27-13-9-10-16-32(27)42-33(25-29-14-7-6-8-15-29)38-39-36(42)45-24-12-11-17-34(43)40-22-23-41(28(2)26-40)35(44)30-18-20-31(21-19-30)37(3,4)5/h6-10,13-16,18-21,28H,11-12,17,22-26H2,1-5H3. The predicted octanol–water partition coefficient (Wildman–Crippen LogP) is 7.10. The zero-order valence-corrected chi connectivity index (χ0v) is 28.0. The van der Waals surface area contributed by atoms with Gasteiger partial charge in [-0.1, -0.05) is 93.2 Å². The second-order valence-corrected chi connectivity index (χ2v) is 14.1. The molecule has 45 heavy (non-hydrogen) atoms. The third kappa shape index (κ3) is 8.03. The molecule has 2 heterocycles. The van der Waals surface area contributed by atoms with Crippen LogP contribution in [-0.4, -0.2) is 67.8 Å². The maximum Gasteiger partial charge on any atom is 0.254 e. The molecule has 236 valence electrons. The number of rotatable bonds is 10. The van der Waals surface area contributed by atoms with Crippen LogP contribution in [0.3, 0.4) is 0 Å². The van der Waals surface area contributed by atoms with E-state index in [9.17, 15) is 9.59 Å². The highest BCUT2D eigenvalue weighted by Crippen LogP contribution is 2.27. The second-order valence-electron chi connectivity index (χ2n) is 13.0. The van der Waals surface area contributed by atoms with Gasteiger partial charge in [0.1, 0.15) is 5.82 Å². The quantitative estimate of drug-likeness (QED) is 0.139. The number of amides is 2. The van der Waals surface area contributed by atoms with Gasteiger partial charge in [-0.2, -0.15) is 0 Å². The van der Waals surface area contributed by atoms with Crippen molar-refractivity contribution in [2.45, 2.75) is 76.9 Å². The molecule has 4 aromatic rings. The molecule has 0 aliphatic carbocycles. The number of carbonyl (C=O) groups excluding carboxylic acids is 2. The smallest absolute Gasteiger partial charge is 0.254 e. The third-order valence-corrected chi connectivity index (χ3v) is 9.53. The van der Waals surface area contributed by atoms with E-state index < -0.39 is 0 Å². The number of para-hydroxylation sites is 1.